The fraction of sp³-hybridized carbons (Fsp3) is 0.778. The first-order valence-corrected chi connectivity index (χ1v) is 10.3. The normalized spacial score (nSPS) is 27.8. The van der Waals surface area contributed by atoms with E-state index in [1.807, 2.05) is 16.5 Å². The molecule has 3 aliphatic rings. The lowest BCUT2D eigenvalue weighted by Gasteiger charge is -2.34. The molecule has 0 unspecified atom stereocenters. The van der Waals surface area contributed by atoms with Gasteiger partial charge in [0.05, 0.1) is 12.6 Å². The number of hydrogen-bond donors (Lipinski definition) is 1. The van der Waals surface area contributed by atoms with Gasteiger partial charge >= 0.3 is 6.03 Å². The number of piperidine rings is 1. The summed E-state index contributed by atoms with van der Waals surface area (Å²) in [5, 5.41) is 6.28. The molecule has 0 aromatic carbocycles. The quantitative estimate of drug-likeness (QED) is 0.871. The largest absolute Gasteiger partial charge is 0.376 e. The topological polar surface area (TPSA) is 57.7 Å². The maximum atomic E-state index is 12.4. The molecule has 0 radical (unpaired) electrons. The molecule has 1 spiro atoms. The Bertz CT molecular complexity index is 580. The van der Waals surface area contributed by atoms with Gasteiger partial charge in [-0.3, -0.25) is 4.90 Å². The summed E-state index contributed by atoms with van der Waals surface area (Å²) in [6.45, 7) is 4.18. The van der Waals surface area contributed by atoms with Crippen molar-refractivity contribution in [3.8, 4) is 0 Å². The highest BCUT2D eigenvalue weighted by Crippen LogP contribution is 2.56. The highest BCUT2D eigenvalue weighted by Gasteiger charge is 2.56. The van der Waals surface area contributed by atoms with Gasteiger partial charge in [-0.2, -0.15) is 0 Å². The number of rotatable bonds is 5. The molecular formula is C18H28N4O2S. The minimum absolute atomic E-state index is 0.0821. The number of ether oxygens (including phenoxy) is 1. The standard InChI is InChI=1S/C18H28N4O2S/c1-21(13-16-19-6-10-25-16)15-11-18(15)4-7-22(8-5-18)17(23)20-12-14-3-2-9-24-14/h6,10,14-15H,2-5,7-9,11-13H2,1H3,(H,20,23)/t14-,15+/m1/s1. The predicted molar refractivity (Wildman–Crippen MR) is 97.6 cm³/mol. The Labute approximate surface area is 153 Å². The van der Waals surface area contributed by atoms with Crippen LogP contribution in [0.2, 0.25) is 0 Å². The number of urea groups is 1. The number of carbonyl (C=O) groups excluding carboxylic acids is 1. The van der Waals surface area contributed by atoms with E-state index in [-0.39, 0.29) is 12.1 Å². The van der Waals surface area contributed by atoms with Gasteiger partial charge in [-0.05, 0) is 44.6 Å². The maximum absolute atomic E-state index is 12.4. The molecule has 2 saturated heterocycles. The number of likely N-dealkylation sites (tertiary alicyclic amines) is 1. The number of nitrogens with one attached hydrogen (secondary N) is 1. The van der Waals surface area contributed by atoms with E-state index >= 15 is 0 Å². The van der Waals surface area contributed by atoms with Crippen LogP contribution in [0.1, 0.15) is 37.1 Å². The van der Waals surface area contributed by atoms with Crippen molar-refractivity contribution in [2.45, 2.75) is 50.8 Å². The van der Waals surface area contributed by atoms with Crippen molar-refractivity contribution < 1.29 is 9.53 Å². The number of hydrogen-bond acceptors (Lipinski definition) is 5. The number of amides is 2. The smallest absolute Gasteiger partial charge is 0.317 e. The molecule has 0 bridgehead atoms. The van der Waals surface area contributed by atoms with Gasteiger partial charge in [0.25, 0.3) is 0 Å². The Kier molecular flexibility index (Phi) is 4.97. The summed E-state index contributed by atoms with van der Waals surface area (Å²) in [5.41, 5.74) is 0.428. The van der Waals surface area contributed by atoms with Crippen LogP contribution in [0, 0.1) is 5.41 Å². The van der Waals surface area contributed by atoms with Gasteiger partial charge in [0.15, 0.2) is 0 Å². The molecule has 1 aromatic heterocycles. The van der Waals surface area contributed by atoms with Gasteiger partial charge in [0.2, 0.25) is 0 Å². The van der Waals surface area contributed by atoms with Gasteiger partial charge in [0, 0.05) is 43.9 Å². The molecular weight excluding hydrogens is 336 g/mol. The van der Waals surface area contributed by atoms with E-state index in [9.17, 15) is 4.79 Å². The third kappa shape index (κ3) is 3.83. The monoisotopic (exact) mass is 364 g/mol. The molecule has 2 aliphatic heterocycles. The van der Waals surface area contributed by atoms with Crippen molar-refractivity contribution in [2.24, 2.45) is 5.41 Å². The Morgan fingerprint density at radius 3 is 3.04 bits per heavy atom. The molecule has 1 saturated carbocycles. The summed E-state index contributed by atoms with van der Waals surface area (Å²) >= 11 is 1.73. The number of aromatic nitrogens is 1. The average Bonchev–Trinajstić information content (AvgIpc) is 3.04. The van der Waals surface area contributed by atoms with Crippen molar-refractivity contribution in [1.29, 1.82) is 0 Å². The molecule has 4 rings (SSSR count). The Morgan fingerprint density at radius 2 is 2.36 bits per heavy atom. The molecule has 138 valence electrons. The van der Waals surface area contributed by atoms with Crippen LogP contribution < -0.4 is 5.32 Å². The van der Waals surface area contributed by atoms with E-state index in [0.717, 1.165) is 51.9 Å². The van der Waals surface area contributed by atoms with Gasteiger partial charge < -0.3 is 15.0 Å². The Hall–Kier alpha value is -1.18. The van der Waals surface area contributed by atoms with Crippen molar-refractivity contribution in [3.63, 3.8) is 0 Å². The molecule has 1 aliphatic carbocycles. The van der Waals surface area contributed by atoms with Crippen molar-refractivity contribution >= 4 is 17.4 Å². The summed E-state index contributed by atoms with van der Waals surface area (Å²) in [7, 11) is 2.21. The van der Waals surface area contributed by atoms with Crippen LogP contribution in [0.25, 0.3) is 0 Å². The minimum atomic E-state index is 0.0821. The maximum Gasteiger partial charge on any atom is 0.317 e. The number of carbonyl (C=O) groups is 1. The fourth-order valence-electron chi connectivity index (χ4n) is 4.41. The first-order chi connectivity index (χ1) is 12.2. The fourth-order valence-corrected chi connectivity index (χ4v) is 5.09. The zero-order chi connectivity index (χ0) is 17.3. The van der Waals surface area contributed by atoms with Gasteiger partial charge in [-0.25, -0.2) is 9.78 Å². The van der Waals surface area contributed by atoms with E-state index in [2.05, 4.69) is 22.2 Å². The van der Waals surface area contributed by atoms with E-state index in [0.29, 0.717) is 18.0 Å². The molecule has 7 heteroatoms. The van der Waals surface area contributed by atoms with E-state index in [1.165, 1.54) is 11.4 Å². The van der Waals surface area contributed by atoms with Crippen LogP contribution in [0.5, 0.6) is 0 Å². The lowest BCUT2D eigenvalue weighted by Crippen LogP contribution is -2.47. The summed E-state index contributed by atoms with van der Waals surface area (Å²) in [4.78, 5) is 21.2. The number of nitrogens with zero attached hydrogens (tertiary/aromatic N) is 3. The van der Waals surface area contributed by atoms with Crippen LogP contribution in [0.4, 0.5) is 4.79 Å². The predicted octanol–water partition coefficient (Wildman–Crippen LogP) is 2.32. The van der Waals surface area contributed by atoms with E-state index in [4.69, 9.17) is 4.74 Å². The second-order valence-corrected chi connectivity index (χ2v) is 8.71. The molecule has 25 heavy (non-hydrogen) atoms. The average molecular weight is 365 g/mol. The second kappa shape index (κ2) is 7.21. The van der Waals surface area contributed by atoms with Gasteiger partial charge in [0.1, 0.15) is 5.01 Å². The van der Waals surface area contributed by atoms with Gasteiger partial charge in [-0.15, -0.1) is 11.3 Å². The molecule has 1 N–H and O–H groups in total. The molecule has 3 heterocycles. The Balaban J connectivity index is 1.21. The zero-order valence-corrected chi connectivity index (χ0v) is 15.8. The summed E-state index contributed by atoms with van der Waals surface area (Å²) in [6.07, 6.45) is 7.77. The molecule has 3 fully saturated rings. The van der Waals surface area contributed by atoms with Crippen LogP contribution in [0.3, 0.4) is 0 Å². The van der Waals surface area contributed by atoms with Crippen LogP contribution >= 0.6 is 11.3 Å². The lowest BCUT2D eigenvalue weighted by atomic mass is 9.92. The lowest BCUT2D eigenvalue weighted by molar-refractivity contribution is 0.105. The van der Waals surface area contributed by atoms with Crippen molar-refractivity contribution in [1.82, 2.24) is 20.1 Å². The third-order valence-corrected chi connectivity index (χ3v) is 6.86. The molecule has 2 atom stereocenters. The van der Waals surface area contributed by atoms with Crippen LogP contribution in [-0.2, 0) is 11.3 Å². The van der Waals surface area contributed by atoms with Crippen molar-refractivity contribution in [2.75, 3.05) is 33.3 Å². The van der Waals surface area contributed by atoms with Gasteiger partial charge in [-0.1, -0.05) is 0 Å². The van der Waals surface area contributed by atoms with Crippen molar-refractivity contribution in [3.05, 3.63) is 16.6 Å². The molecule has 2 amide bonds. The highest BCUT2D eigenvalue weighted by molar-refractivity contribution is 7.09. The summed E-state index contributed by atoms with van der Waals surface area (Å²) < 4.78 is 5.57. The first kappa shape index (κ1) is 17.2. The molecule has 1 aromatic rings. The van der Waals surface area contributed by atoms with Crippen LogP contribution in [0.15, 0.2) is 11.6 Å². The number of thiazole rings is 1. The first-order valence-electron chi connectivity index (χ1n) is 9.39. The minimum Gasteiger partial charge on any atom is -0.376 e. The third-order valence-electron chi connectivity index (χ3n) is 6.10. The molecule has 6 nitrogen and oxygen atoms in total. The summed E-state index contributed by atoms with van der Waals surface area (Å²) in [5.74, 6) is 0. The van der Waals surface area contributed by atoms with E-state index in [1.54, 1.807) is 11.3 Å². The zero-order valence-electron chi connectivity index (χ0n) is 14.9. The van der Waals surface area contributed by atoms with E-state index < -0.39 is 0 Å². The van der Waals surface area contributed by atoms with Crippen LogP contribution in [-0.4, -0.2) is 66.2 Å². The highest BCUT2D eigenvalue weighted by atomic mass is 32.1. The second-order valence-electron chi connectivity index (χ2n) is 7.73. The Morgan fingerprint density at radius 1 is 1.52 bits per heavy atom. The summed E-state index contributed by atoms with van der Waals surface area (Å²) in [6, 6.07) is 0.729. The SMILES string of the molecule is CN(Cc1nccs1)[C@H]1CC12CCN(C(=O)NC[C@H]1CCCO1)CC2.